The molecule has 0 aromatic carbocycles. The number of carboxylic acid groups (broad SMARTS) is 1. The van der Waals surface area contributed by atoms with Crippen LogP contribution in [-0.4, -0.2) is 38.9 Å². The number of aromatic carboxylic acids is 1. The van der Waals surface area contributed by atoms with Crippen molar-refractivity contribution in [2.45, 2.75) is 13.5 Å². The molecule has 0 fully saturated rings. The van der Waals surface area contributed by atoms with E-state index in [0.717, 1.165) is 10.4 Å². The molecular weight excluding hydrogens is 266 g/mol. The van der Waals surface area contributed by atoms with E-state index in [0.29, 0.717) is 6.54 Å². The molecule has 2 rings (SSSR count). The molecule has 0 aliphatic rings. The van der Waals surface area contributed by atoms with Crippen molar-refractivity contribution >= 4 is 23.2 Å². The number of carbonyl (C=O) groups excluding carboxylic acids is 1. The summed E-state index contributed by atoms with van der Waals surface area (Å²) in [4.78, 5) is 31.9. The van der Waals surface area contributed by atoms with E-state index in [-0.39, 0.29) is 11.4 Å². The molecule has 0 aliphatic heterocycles. The lowest BCUT2D eigenvalue weighted by molar-refractivity contribution is 0.0674. The molecule has 0 radical (unpaired) electrons. The van der Waals surface area contributed by atoms with Gasteiger partial charge in [-0.05, 0) is 23.9 Å². The normalized spacial score (nSPS) is 10.4. The van der Waals surface area contributed by atoms with Crippen molar-refractivity contribution < 1.29 is 14.7 Å². The summed E-state index contributed by atoms with van der Waals surface area (Å²) >= 11 is 1.56. The highest BCUT2D eigenvalue weighted by Gasteiger charge is 2.23. The summed E-state index contributed by atoms with van der Waals surface area (Å²) in [6.45, 7) is 2.41. The predicted octanol–water partition coefficient (Wildman–Crippen LogP) is 1.75. The molecule has 6 nitrogen and oxygen atoms in total. The van der Waals surface area contributed by atoms with Crippen LogP contribution in [0.2, 0.25) is 0 Å². The number of carboxylic acids is 1. The van der Waals surface area contributed by atoms with E-state index in [1.807, 2.05) is 18.4 Å². The zero-order chi connectivity index (χ0) is 14.0. The molecule has 0 unspecified atom stereocenters. The number of H-pyrrole nitrogens is 1. The molecule has 0 saturated carbocycles. The fraction of sp³-hybridized carbons (Fsp3) is 0.250. The molecule has 0 saturated heterocycles. The highest BCUT2D eigenvalue weighted by Crippen LogP contribution is 2.18. The second-order valence-electron chi connectivity index (χ2n) is 4.12. The van der Waals surface area contributed by atoms with Crippen LogP contribution in [0, 0.1) is 6.92 Å². The van der Waals surface area contributed by atoms with Crippen LogP contribution in [0.1, 0.15) is 31.4 Å². The summed E-state index contributed by atoms with van der Waals surface area (Å²) in [5.41, 5.74) is 0.870. The average Bonchev–Trinajstić information content (AvgIpc) is 2.98. The van der Waals surface area contributed by atoms with Crippen molar-refractivity contribution in [2.75, 3.05) is 7.05 Å². The number of aryl methyl sites for hydroxylation is 1. The number of amides is 1. The molecule has 0 spiro atoms. The molecule has 2 N–H and O–H groups in total. The summed E-state index contributed by atoms with van der Waals surface area (Å²) in [5.74, 6) is -1.60. The van der Waals surface area contributed by atoms with Gasteiger partial charge in [0.15, 0.2) is 11.4 Å². The topological polar surface area (TPSA) is 86.3 Å². The van der Waals surface area contributed by atoms with Gasteiger partial charge in [0.05, 0.1) is 12.9 Å². The van der Waals surface area contributed by atoms with Crippen LogP contribution >= 0.6 is 11.3 Å². The summed E-state index contributed by atoms with van der Waals surface area (Å²) < 4.78 is 0. The molecule has 2 aromatic rings. The van der Waals surface area contributed by atoms with E-state index in [2.05, 4.69) is 9.97 Å². The maximum absolute atomic E-state index is 12.2. The molecule has 0 aliphatic carbocycles. The Labute approximate surface area is 113 Å². The van der Waals surface area contributed by atoms with Crippen LogP contribution in [-0.2, 0) is 6.54 Å². The lowest BCUT2D eigenvalue weighted by Gasteiger charge is -2.15. The Morgan fingerprint density at radius 3 is 2.84 bits per heavy atom. The van der Waals surface area contributed by atoms with E-state index in [4.69, 9.17) is 5.11 Å². The molecule has 100 valence electrons. The minimum atomic E-state index is -1.19. The summed E-state index contributed by atoms with van der Waals surface area (Å²) in [7, 11) is 1.63. The van der Waals surface area contributed by atoms with E-state index < -0.39 is 11.9 Å². The van der Waals surface area contributed by atoms with Crippen LogP contribution in [0.5, 0.6) is 0 Å². The fourth-order valence-electron chi connectivity index (χ4n) is 1.65. The number of nitrogens with one attached hydrogen (secondary N) is 1. The number of rotatable bonds is 4. The third kappa shape index (κ3) is 2.65. The quantitative estimate of drug-likeness (QED) is 0.892. The minimum absolute atomic E-state index is 0.0655. The molecule has 0 atom stereocenters. The maximum atomic E-state index is 12.2. The number of nitrogens with zero attached hydrogens (tertiary/aromatic N) is 2. The van der Waals surface area contributed by atoms with Crippen molar-refractivity contribution in [1.82, 2.24) is 14.9 Å². The van der Waals surface area contributed by atoms with Gasteiger partial charge in [0.25, 0.3) is 5.91 Å². The standard InChI is InChI=1S/C12H13N3O3S/c1-7-3-4-19-8(7)5-15(2)11(16)9-10(12(17)18)14-6-13-9/h3-4,6H,5H2,1-2H3,(H,13,14)(H,17,18). The SMILES string of the molecule is Cc1ccsc1CN(C)C(=O)c1nc[nH]c1C(=O)O. The van der Waals surface area contributed by atoms with Crippen molar-refractivity contribution in [3.63, 3.8) is 0 Å². The van der Waals surface area contributed by atoms with Crippen molar-refractivity contribution in [3.8, 4) is 0 Å². The van der Waals surface area contributed by atoms with Gasteiger partial charge in [0.2, 0.25) is 0 Å². The zero-order valence-electron chi connectivity index (χ0n) is 10.5. The first-order chi connectivity index (χ1) is 9.00. The van der Waals surface area contributed by atoms with Gasteiger partial charge in [-0.15, -0.1) is 11.3 Å². The van der Waals surface area contributed by atoms with Crippen LogP contribution in [0.25, 0.3) is 0 Å². The Bertz CT molecular complexity index is 617. The second kappa shape index (κ2) is 5.23. The third-order valence-electron chi connectivity index (χ3n) is 2.75. The monoisotopic (exact) mass is 279 g/mol. The first-order valence-corrected chi connectivity index (χ1v) is 6.43. The smallest absolute Gasteiger partial charge is 0.354 e. The van der Waals surface area contributed by atoms with Gasteiger partial charge in [-0.2, -0.15) is 0 Å². The number of imidazole rings is 1. The van der Waals surface area contributed by atoms with Crippen molar-refractivity contribution in [2.24, 2.45) is 0 Å². The minimum Gasteiger partial charge on any atom is -0.477 e. The number of thiophene rings is 1. The summed E-state index contributed by atoms with van der Waals surface area (Å²) in [6, 6.07) is 1.98. The number of hydrogen-bond acceptors (Lipinski definition) is 4. The van der Waals surface area contributed by atoms with Crippen LogP contribution in [0.4, 0.5) is 0 Å². The number of carbonyl (C=O) groups is 2. The molecule has 1 amide bonds. The van der Waals surface area contributed by atoms with E-state index in [9.17, 15) is 9.59 Å². The van der Waals surface area contributed by atoms with Gasteiger partial charge in [-0.3, -0.25) is 4.79 Å². The number of aromatic nitrogens is 2. The van der Waals surface area contributed by atoms with Crippen LogP contribution < -0.4 is 0 Å². The maximum Gasteiger partial charge on any atom is 0.354 e. The lowest BCUT2D eigenvalue weighted by Crippen LogP contribution is -2.28. The first kappa shape index (κ1) is 13.3. The van der Waals surface area contributed by atoms with E-state index in [1.165, 1.54) is 11.2 Å². The molecule has 7 heteroatoms. The van der Waals surface area contributed by atoms with E-state index >= 15 is 0 Å². The van der Waals surface area contributed by atoms with Gasteiger partial charge in [-0.25, -0.2) is 9.78 Å². The molecule has 2 aromatic heterocycles. The number of aromatic amines is 1. The molecule has 0 bridgehead atoms. The van der Waals surface area contributed by atoms with Gasteiger partial charge in [0.1, 0.15) is 0 Å². The Morgan fingerprint density at radius 1 is 1.53 bits per heavy atom. The van der Waals surface area contributed by atoms with Gasteiger partial charge in [0, 0.05) is 11.9 Å². The van der Waals surface area contributed by atoms with Crippen LogP contribution in [0.15, 0.2) is 17.8 Å². The molecule has 19 heavy (non-hydrogen) atoms. The highest BCUT2D eigenvalue weighted by atomic mass is 32.1. The van der Waals surface area contributed by atoms with Gasteiger partial charge < -0.3 is 15.0 Å². The first-order valence-electron chi connectivity index (χ1n) is 5.55. The summed E-state index contributed by atoms with van der Waals surface area (Å²) in [5, 5.41) is 10.9. The zero-order valence-corrected chi connectivity index (χ0v) is 11.3. The van der Waals surface area contributed by atoms with Crippen molar-refractivity contribution in [1.29, 1.82) is 0 Å². The van der Waals surface area contributed by atoms with Crippen LogP contribution in [0.3, 0.4) is 0 Å². The Kier molecular flexibility index (Phi) is 3.66. The molecule has 2 heterocycles. The number of hydrogen-bond donors (Lipinski definition) is 2. The van der Waals surface area contributed by atoms with Crippen molar-refractivity contribution in [3.05, 3.63) is 39.6 Å². The predicted molar refractivity (Wildman–Crippen MR) is 70.4 cm³/mol. The molecular formula is C12H13N3O3S. The Morgan fingerprint density at radius 2 is 2.26 bits per heavy atom. The second-order valence-corrected chi connectivity index (χ2v) is 5.12. The summed E-state index contributed by atoms with van der Waals surface area (Å²) in [6.07, 6.45) is 1.21. The van der Waals surface area contributed by atoms with E-state index in [1.54, 1.807) is 18.4 Å². The highest BCUT2D eigenvalue weighted by molar-refractivity contribution is 7.10. The Hall–Kier alpha value is -2.15. The Balaban J connectivity index is 2.17. The van der Waals surface area contributed by atoms with Gasteiger partial charge in [-0.1, -0.05) is 0 Å². The third-order valence-corrected chi connectivity index (χ3v) is 3.76. The lowest BCUT2D eigenvalue weighted by atomic mass is 10.2. The van der Waals surface area contributed by atoms with Gasteiger partial charge >= 0.3 is 5.97 Å². The largest absolute Gasteiger partial charge is 0.477 e. The average molecular weight is 279 g/mol. The fourth-order valence-corrected chi connectivity index (χ4v) is 2.61.